The maximum atomic E-state index is 12.9. The van der Waals surface area contributed by atoms with E-state index in [4.69, 9.17) is 14.5 Å². The Balaban J connectivity index is 1.48. The van der Waals surface area contributed by atoms with Crippen molar-refractivity contribution < 1.29 is 14.3 Å². The van der Waals surface area contributed by atoms with Gasteiger partial charge >= 0.3 is 0 Å². The van der Waals surface area contributed by atoms with Gasteiger partial charge in [-0.05, 0) is 29.3 Å². The molecule has 0 radical (unpaired) electrons. The van der Waals surface area contributed by atoms with E-state index >= 15 is 0 Å². The van der Waals surface area contributed by atoms with Crippen LogP contribution in [0.15, 0.2) is 67.0 Å². The van der Waals surface area contributed by atoms with Gasteiger partial charge in [0.1, 0.15) is 18.2 Å². The van der Waals surface area contributed by atoms with Gasteiger partial charge in [-0.1, -0.05) is 36.4 Å². The first-order chi connectivity index (χ1) is 15.8. The van der Waals surface area contributed by atoms with E-state index in [1.54, 1.807) is 16.8 Å². The first kappa shape index (κ1) is 20.0. The van der Waals surface area contributed by atoms with Crippen LogP contribution < -0.4 is 15.4 Å². The van der Waals surface area contributed by atoms with E-state index in [2.05, 4.69) is 15.7 Å². The van der Waals surface area contributed by atoms with Gasteiger partial charge in [-0.2, -0.15) is 5.10 Å². The van der Waals surface area contributed by atoms with Gasteiger partial charge in [0.15, 0.2) is 5.65 Å². The molecule has 0 aliphatic carbocycles. The van der Waals surface area contributed by atoms with Crippen molar-refractivity contribution in [3.8, 4) is 16.9 Å². The van der Waals surface area contributed by atoms with Crippen molar-refractivity contribution in [1.82, 2.24) is 19.9 Å². The molecule has 1 amide bonds. The van der Waals surface area contributed by atoms with Crippen molar-refractivity contribution >= 4 is 17.4 Å². The molecule has 1 aliphatic heterocycles. The van der Waals surface area contributed by atoms with Crippen LogP contribution in [0, 0.1) is 0 Å². The summed E-state index contributed by atoms with van der Waals surface area (Å²) in [6.07, 6.45) is 3.64. The van der Waals surface area contributed by atoms with Gasteiger partial charge in [0, 0.05) is 24.8 Å². The summed E-state index contributed by atoms with van der Waals surface area (Å²) < 4.78 is 13.3. The van der Waals surface area contributed by atoms with Crippen molar-refractivity contribution in [1.29, 1.82) is 0 Å². The van der Waals surface area contributed by atoms with Gasteiger partial charge in [0.2, 0.25) is 0 Å². The van der Waals surface area contributed by atoms with Crippen molar-refractivity contribution in [3.63, 3.8) is 0 Å². The lowest BCUT2D eigenvalue weighted by molar-refractivity contribution is 0.0932. The number of carbonyl (C=O) groups excluding carboxylic acids is 1. The van der Waals surface area contributed by atoms with Crippen molar-refractivity contribution in [2.24, 2.45) is 0 Å². The molecule has 0 fully saturated rings. The second-order valence-corrected chi connectivity index (χ2v) is 7.41. The molecule has 0 unspecified atom stereocenters. The van der Waals surface area contributed by atoms with Gasteiger partial charge in [-0.3, -0.25) is 4.79 Å². The first-order valence-electron chi connectivity index (χ1n) is 10.5. The fourth-order valence-corrected chi connectivity index (χ4v) is 3.61. The topological polar surface area (TPSA) is 89.8 Å². The Labute approximate surface area is 185 Å². The summed E-state index contributed by atoms with van der Waals surface area (Å²) in [6, 6.07) is 17.2. The zero-order valence-corrected chi connectivity index (χ0v) is 17.5. The van der Waals surface area contributed by atoms with Crippen molar-refractivity contribution in [2.75, 3.05) is 31.7 Å². The molecule has 5 rings (SSSR count). The van der Waals surface area contributed by atoms with Gasteiger partial charge < -0.3 is 20.1 Å². The summed E-state index contributed by atoms with van der Waals surface area (Å²) in [5.41, 5.74) is 3.97. The highest BCUT2D eigenvalue weighted by Gasteiger charge is 2.17. The van der Waals surface area contributed by atoms with E-state index in [9.17, 15) is 4.79 Å². The zero-order valence-electron chi connectivity index (χ0n) is 17.5. The fourth-order valence-electron chi connectivity index (χ4n) is 3.61. The quantitative estimate of drug-likeness (QED) is 0.520. The number of anilines is 1. The van der Waals surface area contributed by atoms with Crippen LogP contribution in [0.5, 0.6) is 5.75 Å². The molecule has 8 nitrogen and oxygen atoms in total. The highest BCUT2D eigenvalue weighted by atomic mass is 16.5. The second kappa shape index (κ2) is 9.07. The molecule has 4 aromatic rings. The van der Waals surface area contributed by atoms with Crippen LogP contribution in [-0.2, 0) is 11.3 Å². The Hall–Kier alpha value is -3.91. The lowest BCUT2D eigenvalue weighted by Crippen LogP contribution is -2.24. The maximum Gasteiger partial charge on any atom is 0.255 e. The molecule has 162 valence electrons. The van der Waals surface area contributed by atoms with E-state index in [1.807, 2.05) is 54.7 Å². The van der Waals surface area contributed by atoms with E-state index < -0.39 is 0 Å². The number of hydrogen-bond acceptors (Lipinski definition) is 6. The van der Waals surface area contributed by atoms with E-state index in [0.29, 0.717) is 44.2 Å². The number of ether oxygens (including phenoxy) is 2. The predicted octanol–water partition coefficient (Wildman–Crippen LogP) is 3.15. The summed E-state index contributed by atoms with van der Waals surface area (Å²) in [5.74, 6) is 1.07. The van der Waals surface area contributed by atoms with Crippen LogP contribution in [0.25, 0.3) is 16.8 Å². The van der Waals surface area contributed by atoms with Crippen molar-refractivity contribution in [3.05, 3.63) is 78.1 Å². The van der Waals surface area contributed by atoms with E-state index in [1.165, 1.54) is 0 Å². The summed E-state index contributed by atoms with van der Waals surface area (Å²) in [6.45, 7) is 2.35. The largest absolute Gasteiger partial charge is 0.490 e. The van der Waals surface area contributed by atoms with Crippen LogP contribution in [0.1, 0.15) is 15.9 Å². The minimum Gasteiger partial charge on any atom is -0.490 e. The molecule has 3 heterocycles. The number of fused-ring (bicyclic) bond motifs is 4. The van der Waals surface area contributed by atoms with Crippen LogP contribution in [0.4, 0.5) is 5.82 Å². The van der Waals surface area contributed by atoms with Gasteiger partial charge in [-0.25, -0.2) is 9.50 Å². The molecule has 0 saturated carbocycles. The highest BCUT2D eigenvalue weighted by Crippen LogP contribution is 2.30. The lowest BCUT2D eigenvalue weighted by atomic mass is 10.0. The third-order valence-corrected chi connectivity index (χ3v) is 5.24. The summed E-state index contributed by atoms with van der Waals surface area (Å²) in [5, 5.41) is 10.6. The third kappa shape index (κ3) is 4.26. The summed E-state index contributed by atoms with van der Waals surface area (Å²) in [4.78, 5) is 17.6. The Morgan fingerprint density at radius 3 is 2.91 bits per heavy atom. The molecule has 0 spiro atoms. The Morgan fingerprint density at radius 1 is 1.09 bits per heavy atom. The molecular formula is C24H23N5O3. The summed E-state index contributed by atoms with van der Waals surface area (Å²) >= 11 is 0. The Morgan fingerprint density at radius 2 is 2.00 bits per heavy atom. The number of nitrogens with zero attached hydrogens (tertiary/aromatic N) is 3. The number of rotatable bonds is 3. The fraction of sp³-hybridized carbons (Fsp3) is 0.208. The van der Waals surface area contributed by atoms with Gasteiger partial charge in [-0.15, -0.1) is 0 Å². The van der Waals surface area contributed by atoms with Crippen LogP contribution >= 0.6 is 0 Å². The SMILES string of the molecule is O=C(NCc1ccccc1)c1ccc2cc1OCCOCCNc1ccn3ncc-2c3n1. The average molecular weight is 429 g/mol. The third-order valence-electron chi connectivity index (χ3n) is 5.24. The first-order valence-corrected chi connectivity index (χ1v) is 10.5. The van der Waals surface area contributed by atoms with Crippen LogP contribution in [-0.4, -0.2) is 46.9 Å². The number of carbonyl (C=O) groups is 1. The number of nitrogens with one attached hydrogen (secondary N) is 2. The predicted molar refractivity (Wildman–Crippen MR) is 121 cm³/mol. The molecule has 2 N–H and O–H groups in total. The number of amides is 1. The zero-order chi connectivity index (χ0) is 21.8. The van der Waals surface area contributed by atoms with Crippen LogP contribution in [0.2, 0.25) is 0 Å². The monoisotopic (exact) mass is 429 g/mol. The molecular weight excluding hydrogens is 406 g/mol. The highest BCUT2D eigenvalue weighted by molar-refractivity contribution is 5.98. The Bertz CT molecular complexity index is 1240. The van der Waals surface area contributed by atoms with E-state index in [0.717, 1.165) is 28.2 Å². The molecule has 4 bridgehead atoms. The van der Waals surface area contributed by atoms with Crippen molar-refractivity contribution in [2.45, 2.75) is 6.54 Å². The molecule has 2 aromatic heterocycles. The number of aromatic nitrogens is 3. The minimum atomic E-state index is -0.193. The van der Waals surface area contributed by atoms with Gasteiger partial charge in [0.05, 0.1) is 25.0 Å². The molecule has 2 aromatic carbocycles. The number of benzene rings is 2. The smallest absolute Gasteiger partial charge is 0.255 e. The lowest BCUT2D eigenvalue weighted by Gasteiger charge is -2.14. The second-order valence-electron chi connectivity index (χ2n) is 7.41. The molecule has 8 heteroatoms. The molecule has 32 heavy (non-hydrogen) atoms. The minimum absolute atomic E-state index is 0.193. The Kier molecular flexibility index (Phi) is 5.67. The molecule has 0 atom stereocenters. The molecule has 1 aliphatic rings. The average Bonchev–Trinajstić information content (AvgIpc) is 3.25. The van der Waals surface area contributed by atoms with Crippen LogP contribution in [0.3, 0.4) is 0 Å². The maximum absolute atomic E-state index is 12.9. The number of hydrogen-bond donors (Lipinski definition) is 2. The molecule has 0 saturated heterocycles. The normalized spacial score (nSPS) is 13.8. The van der Waals surface area contributed by atoms with E-state index in [-0.39, 0.29) is 5.91 Å². The van der Waals surface area contributed by atoms with Gasteiger partial charge in [0.25, 0.3) is 5.91 Å². The standard InChI is InChI=1S/C24H23N5O3/c30-24(26-15-17-4-2-1-3-5-17)19-7-6-18-14-21(19)32-13-12-31-11-9-25-22-8-10-29-23(28-22)20(18)16-27-29/h1-8,10,14,16H,9,11-13,15H2,(H,25,28)(H,26,30). The summed E-state index contributed by atoms with van der Waals surface area (Å²) in [7, 11) is 0.